The van der Waals surface area contributed by atoms with Crippen molar-refractivity contribution in [1.82, 2.24) is 0 Å². The Morgan fingerprint density at radius 3 is 2.50 bits per heavy atom. The van der Waals surface area contributed by atoms with Gasteiger partial charge in [0.2, 0.25) is 0 Å². The number of rotatable bonds is 2. The Bertz CT molecular complexity index is 161. The molecule has 0 saturated carbocycles. The Labute approximate surface area is 61.4 Å². The summed E-state index contributed by atoms with van der Waals surface area (Å²) in [6.07, 6.45) is 9.59. The molecule has 1 aliphatic rings. The Kier molecular flexibility index (Phi) is 2.43. The average Bonchev–Trinajstić information content (AvgIpc) is 1.95. The number of hydrogen-bond acceptors (Lipinski definition) is 1. The second-order valence-corrected chi connectivity index (χ2v) is 2.57. The van der Waals surface area contributed by atoms with Crippen LogP contribution >= 0.6 is 0 Å². The summed E-state index contributed by atoms with van der Waals surface area (Å²) in [4.78, 5) is 10.6. The first-order chi connectivity index (χ1) is 4.83. The maximum Gasteiger partial charge on any atom is 0.178 e. The monoisotopic (exact) mass is 136 g/mol. The molecular weight excluding hydrogens is 124 g/mol. The van der Waals surface area contributed by atoms with E-state index in [1.54, 1.807) is 12.2 Å². The molecule has 0 saturated heterocycles. The molecular formula is C9H12O. The van der Waals surface area contributed by atoms with Crippen molar-refractivity contribution in [3.8, 4) is 0 Å². The van der Waals surface area contributed by atoms with Gasteiger partial charge in [0, 0.05) is 0 Å². The molecule has 0 radical (unpaired) electrons. The van der Waals surface area contributed by atoms with Crippen molar-refractivity contribution in [2.24, 2.45) is 5.92 Å². The molecule has 0 aliphatic heterocycles. The maximum atomic E-state index is 10.6. The van der Waals surface area contributed by atoms with Gasteiger partial charge in [-0.3, -0.25) is 4.79 Å². The summed E-state index contributed by atoms with van der Waals surface area (Å²) >= 11 is 0. The molecule has 0 spiro atoms. The predicted octanol–water partition coefficient (Wildman–Crippen LogP) is 2.10. The fourth-order valence-corrected chi connectivity index (χ4v) is 1.08. The largest absolute Gasteiger partial charge is 0.290 e. The third-order valence-corrected chi connectivity index (χ3v) is 1.64. The molecule has 0 aromatic carbocycles. The van der Waals surface area contributed by atoms with Gasteiger partial charge in [0.25, 0.3) is 0 Å². The van der Waals surface area contributed by atoms with Gasteiger partial charge in [-0.2, -0.15) is 0 Å². The summed E-state index contributed by atoms with van der Waals surface area (Å²) in [5.74, 6) is 0.620. The van der Waals surface area contributed by atoms with Gasteiger partial charge >= 0.3 is 0 Å². The molecule has 10 heavy (non-hydrogen) atoms. The van der Waals surface area contributed by atoms with E-state index in [0.717, 1.165) is 6.42 Å². The summed E-state index contributed by atoms with van der Waals surface area (Å²) in [5.41, 5.74) is 0. The number of allylic oxidation sites excluding steroid dienone is 4. The van der Waals surface area contributed by atoms with E-state index in [1.807, 2.05) is 12.2 Å². The lowest BCUT2D eigenvalue weighted by molar-refractivity contribution is -0.110. The first-order valence-corrected chi connectivity index (χ1v) is 3.73. The molecule has 0 fully saturated rings. The van der Waals surface area contributed by atoms with Crippen molar-refractivity contribution >= 4 is 5.78 Å². The quantitative estimate of drug-likeness (QED) is 0.568. The van der Waals surface area contributed by atoms with Crippen LogP contribution in [0.15, 0.2) is 24.3 Å². The van der Waals surface area contributed by atoms with Gasteiger partial charge in [-0.25, -0.2) is 0 Å². The fraction of sp³-hybridized carbons (Fsp3) is 0.444. The standard InChI is InChI=1S/C9H12O/c1-2-3-8-4-6-9(10)7-5-8/h4-8H,2-3H2,1H3. The van der Waals surface area contributed by atoms with Gasteiger partial charge in [0.1, 0.15) is 0 Å². The van der Waals surface area contributed by atoms with E-state index in [1.165, 1.54) is 6.42 Å². The molecule has 54 valence electrons. The van der Waals surface area contributed by atoms with Crippen LogP contribution in [0, 0.1) is 5.92 Å². The van der Waals surface area contributed by atoms with E-state index in [-0.39, 0.29) is 5.78 Å². The Morgan fingerprint density at radius 1 is 1.40 bits per heavy atom. The molecule has 0 atom stereocenters. The lowest BCUT2D eigenvalue weighted by Gasteiger charge is -2.07. The predicted molar refractivity (Wildman–Crippen MR) is 41.7 cm³/mol. The highest BCUT2D eigenvalue weighted by molar-refractivity contribution is 6.00. The van der Waals surface area contributed by atoms with Crippen molar-refractivity contribution in [3.63, 3.8) is 0 Å². The van der Waals surface area contributed by atoms with Crippen LogP contribution in [-0.4, -0.2) is 5.78 Å². The topological polar surface area (TPSA) is 17.1 Å². The van der Waals surface area contributed by atoms with Crippen molar-refractivity contribution in [2.45, 2.75) is 19.8 Å². The van der Waals surface area contributed by atoms with Crippen LogP contribution < -0.4 is 0 Å². The summed E-state index contributed by atoms with van der Waals surface area (Å²) in [6, 6.07) is 0. The van der Waals surface area contributed by atoms with E-state index < -0.39 is 0 Å². The number of hydrogen-bond donors (Lipinski definition) is 0. The van der Waals surface area contributed by atoms with E-state index in [0.29, 0.717) is 5.92 Å². The van der Waals surface area contributed by atoms with Gasteiger partial charge in [-0.1, -0.05) is 25.5 Å². The van der Waals surface area contributed by atoms with E-state index in [9.17, 15) is 4.79 Å². The molecule has 1 nitrogen and oxygen atoms in total. The van der Waals surface area contributed by atoms with E-state index in [2.05, 4.69) is 6.92 Å². The lowest BCUT2D eigenvalue weighted by Crippen LogP contribution is -1.99. The third kappa shape index (κ3) is 1.83. The molecule has 1 aliphatic carbocycles. The van der Waals surface area contributed by atoms with E-state index >= 15 is 0 Å². The van der Waals surface area contributed by atoms with E-state index in [4.69, 9.17) is 0 Å². The average molecular weight is 136 g/mol. The molecule has 0 bridgehead atoms. The highest BCUT2D eigenvalue weighted by Gasteiger charge is 2.03. The van der Waals surface area contributed by atoms with Crippen LogP contribution in [0.3, 0.4) is 0 Å². The first-order valence-electron chi connectivity index (χ1n) is 3.73. The zero-order chi connectivity index (χ0) is 7.40. The lowest BCUT2D eigenvalue weighted by atomic mass is 9.98. The van der Waals surface area contributed by atoms with Crippen molar-refractivity contribution in [2.75, 3.05) is 0 Å². The van der Waals surface area contributed by atoms with Gasteiger partial charge in [-0.15, -0.1) is 0 Å². The SMILES string of the molecule is CCCC1C=CC(=O)C=C1. The minimum Gasteiger partial charge on any atom is -0.290 e. The normalized spacial score (nSPS) is 18.3. The molecule has 0 heterocycles. The summed E-state index contributed by atoms with van der Waals surface area (Å²) in [7, 11) is 0. The second-order valence-electron chi connectivity index (χ2n) is 2.57. The summed E-state index contributed by atoms with van der Waals surface area (Å²) < 4.78 is 0. The summed E-state index contributed by atoms with van der Waals surface area (Å²) in [6.45, 7) is 2.15. The highest BCUT2D eigenvalue weighted by Crippen LogP contribution is 2.12. The molecule has 1 heteroatoms. The van der Waals surface area contributed by atoms with Crippen LogP contribution in [0.5, 0.6) is 0 Å². The Morgan fingerprint density at radius 2 is 2.00 bits per heavy atom. The van der Waals surface area contributed by atoms with Crippen molar-refractivity contribution in [3.05, 3.63) is 24.3 Å². The third-order valence-electron chi connectivity index (χ3n) is 1.64. The summed E-state index contributed by atoms with van der Waals surface area (Å²) in [5, 5.41) is 0. The Balaban J connectivity index is 2.45. The van der Waals surface area contributed by atoms with Crippen LogP contribution in [0.1, 0.15) is 19.8 Å². The Hall–Kier alpha value is -0.850. The molecule has 0 amide bonds. The van der Waals surface area contributed by atoms with Gasteiger partial charge in [-0.05, 0) is 24.5 Å². The fourth-order valence-electron chi connectivity index (χ4n) is 1.08. The maximum absolute atomic E-state index is 10.6. The molecule has 0 unspecified atom stereocenters. The highest BCUT2D eigenvalue weighted by atomic mass is 16.1. The number of ketones is 1. The second kappa shape index (κ2) is 3.35. The van der Waals surface area contributed by atoms with Crippen LogP contribution in [0.4, 0.5) is 0 Å². The first kappa shape index (κ1) is 7.26. The minimum absolute atomic E-state index is 0.118. The van der Waals surface area contributed by atoms with Crippen molar-refractivity contribution in [1.29, 1.82) is 0 Å². The zero-order valence-corrected chi connectivity index (χ0v) is 6.21. The molecule has 0 N–H and O–H groups in total. The van der Waals surface area contributed by atoms with Gasteiger partial charge in [0.05, 0.1) is 0 Å². The van der Waals surface area contributed by atoms with Crippen LogP contribution in [0.2, 0.25) is 0 Å². The molecule has 1 rings (SSSR count). The van der Waals surface area contributed by atoms with Crippen LogP contribution in [0.25, 0.3) is 0 Å². The van der Waals surface area contributed by atoms with Crippen molar-refractivity contribution < 1.29 is 4.79 Å². The minimum atomic E-state index is 0.118. The number of carbonyl (C=O) groups is 1. The molecule has 0 aromatic rings. The zero-order valence-electron chi connectivity index (χ0n) is 6.21. The molecule has 0 aromatic heterocycles. The number of carbonyl (C=O) groups excluding carboxylic acids is 1. The van der Waals surface area contributed by atoms with Gasteiger partial charge < -0.3 is 0 Å². The van der Waals surface area contributed by atoms with Crippen LogP contribution in [-0.2, 0) is 4.79 Å². The van der Waals surface area contributed by atoms with Gasteiger partial charge in [0.15, 0.2) is 5.78 Å². The smallest absolute Gasteiger partial charge is 0.178 e.